The van der Waals surface area contributed by atoms with E-state index in [1.165, 1.54) is 0 Å². The second-order valence-corrected chi connectivity index (χ2v) is 12.0. The first-order valence-electron chi connectivity index (χ1n) is 12.4. The van der Waals surface area contributed by atoms with Crippen molar-refractivity contribution in [2.45, 2.75) is 98.8 Å². The lowest BCUT2D eigenvalue weighted by Gasteiger charge is -2.31. The van der Waals surface area contributed by atoms with Gasteiger partial charge in [-0.05, 0) is 56.1 Å². The minimum atomic E-state index is -0.673. The fourth-order valence-electron chi connectivity index (χ4n) is 4.24. The van der Waals surface area contributed by atoms with Crippen LogP contribution in [0.2, 0.25) is 0 Å². The average molecular weight is 478 g/mol. The van der Waals surface area contributed by atoms with E-state index < -0.39 is 11.6 Å². The Kier molecular flexibility index (Phi) is 7.78. The van der Waals surface area contributed by atoms with Crippen molar-refractivity contribution in [2.75, 3.05) is 19.8 Å². The Morgan fingerprint density at radius 2 is 1.74 bits per heavy atom. The van der Waals surface area contributed by atoms with Crippen LogP contribution in [0.5, 0.6) is 17.2 Å². The van der Waals surface area contributed by atoms with E-state index in [9.17, 15) is 4.79 Å². The Hall–Kier alpha value is -1.99. The standard InChI is InChI=1S/C27H43NO6/c1-24(2,14-15-30-20-10-9-11-21-23(20)34-27(7,8)33-21)12-13-25(3,4)16-22(29)28-17-19-18-31-26(5,6)32-19/h9-11,19H,12-18H2,1-8H3,(H,28,29). The van der Waals surface area contributed by atoms with Crippen molar-refractivity contribution >= 4 is 5.91 Å². The molecule has 3 rings (SSSR count). The van der Waals surface area contributed by atoms with E-state index in [1.807, 2.05) is 45.9 Å². The van der Waals surface area contributed by atoms with Crippen molar-refractivity contribution in [3.05, 3.63) is 18.2 Å². The Balaban J connectivity index is 1.39. The quantitative estimate of drug-likeness (QED) is 0.457. The molecule has 1 unspecified atom stereocenters. The highest BCUT2D eigenvalue weighted by Crippen LogP contribution is 2.46. The van der Waals surface area contributed by atoms with Crippen molar-refractivity contribution in [1.82, 2.24) is 5.32 Å². The van der Waals surface area contributed by atoms with Gasteiger partial charge in [0.1, 0.15) is 6.10 Å². The molecule has 1 N–H and O–H groups in total. The molecule has 0 saturated carbocycles. The Bertz CT molecular complexity index is 861. The predicted molar refractivity (Wildman–Crippen MR) is 131 cm³/mol. The van der Waals surface area contributed by atoms with Gasteiger partial charge in [0.05, 0.1) is 13.2 Å². The van der Waals surface area contributed by atoms with Crippen LogP contribution in [0.3, 0.4) is 0 Å². The van der Waals surface area contributed by atoms with Crippen LogP contribution in [0, 0.1) is 10.8 Å². The molecule has 1 saturated heterocycles. The molecule has 1 amide bonds. The molecular formula is C27H43NO6. The smallest absolute Gasteiger partial charge is 0.246 e. The van der Waals surface area contributed by atoms with Crippen LogP contribution in [0.4, 0.5) is 0 Å². The summed E-state index contributed by atoms with van der Waals surface area (Å²) in [5, 5.41) is 3.01. The summed E-state index contributed by atoms with van der Waals surface area (Å²) in [7, 11) is 0. The zero-order chi connectivity index (χ0) is 25.2. The van der Waals surface area contributed by atoms with Gasteiger partial charge in [0.25, 0.3) is 0 Å². The SMILES string of the molecule is CC(C)(CCOc1cccc2c1OC(C)(C)O2)CCC(C)(C)CC(=O)NCC1COC(C)(C)O1. The normalized spacial score (nSPS) is 20.9. The first-order chi connectivity index (χ1) is 15.7. The molecule has 0 spiro atoms. The first-order valence-corrected chi connectivity index (χ1v) is 12.4. The number of hydrogen-bond acceptors (Lipinski definition) is 6. The monoisotopic (exact) mass is 477 g/mol. The predicted octanol–water partition coefficient (Wildman–Crippen LogP) is 5.45. The van der Waals surface area contributed by atoms with Crippen LogP contribution in [0.25, 0.3) is 0 Å². The van der Waals surface area contributed by atoms with E-state index in [0.29, 0.717) is 31.9 Å². The minimum absolute atomic E-state index is 0.0579. The second-order valence-electron chi connectivity index (χ2n) is 12.0. The lowest BCUT2D eigenvalue weighted by atomic mass is 9.76. The Morgan fingerprint density at radius 3 is 2.41 bits per heavy atom. The van der Waals surface area contributed by atoms with E-state index >= 15 is 0 Å². The van der Waals surface area contributed by atoms with Gasteiger partial charge in [-0.1, -0.05) is 33.8 Å². The summed E-state index contributed by atoms with van der Waals surface area (Å²) in [6.45, 7) is 18.0. The van der Waals surface area contributed by atoms with Gasteiger partial charge in [0, 0.05) is 26.8 Å². The number of carbonyl (C=O) groups excluding carboxylic acids is 1. The number of carbonyl (C=O) groups is 1. The third-order valence-corrected chi connectivity index (χ3v) is 6.39. The summed E-state index contributed by atoms with van der Waals surface area (Å²) < 4.78 is 29.1. The lowest BCUT2D eigenvalue weighted by Crippen LogP contribution is -2.36. The molecule has 2 aliphatic rings. The summed E-state index contributed by atoms with van der Waals surface area (Å²) in [5.74, 6) is 0.932. The summed E-state index contributed by atoms with van der Waals surface area (Å²) in [6, 6.07) is 5.74. The molecule has 7 heteroatoms. The van der Waals surface area contributed by atoms with E-state index in [-0.39, 0.29) is 22.8 Å². The van der Waals surface area contributed by atoms with Gasteiger partial charge < -0.3 is 29.0 Å². The van der Waals surface area contributed by atoms with Gasteiger partial charge in [-0.15, -0.1) is 0 Å². The van der Waals surface area contributed by atoms with Gasteiger partial charge in [0.2, 0.25) is 17.4 Å². The molecule has 34 heavy (non-hydrogen) atoms. The number of para-hydroxylation sites is 1. The van der Waals surface area contributed by atoms with Gasteiger partial charge in [0.15, 0.2) is 17.3 Å². The largest absolute Gasteiger partial charge is 0.490 e. The molecule has 0 aromatic heterocycles. The van der Waals surface area contributed by atoms with Gasteiger partial charge in [-0.3, -0.25) is 4.79 Å². The zero-order valence-corrected chi connectivity index (χ0v) is 22.2. The van der Waals surface area contributed by atoms with Crippen LogP contribution in [-0.4, -0.2) is 43.3 Å². The molecule has 1 aromatic rings. The Labute approximate surface area is 204 Å². The molecule has 7 nitrogen and oxygen atoms in total. The van der Waals surface area contributed by atoms with Crippen LogP contribution in [-0.2, 0) is 14.3 Å². The maximum atomic E-state index is 12.5. The molecule has 1 atom stereocenters. The molecule has 0 radical (unpaired) electrons. The molecule has 192 valence electrons. The molecule has 1 aromatic carbocycles. The molecule has 2 heterocycles. The third kappa shape index (κ3) is 7.77. The first kappa shape index (κ1) is 26.6. The van der Waals surface area contributed by atoms with E-state index in [1.54, 1.807) is 0 Å². The number of nitrogens with one attached hydrogen (secondary N) is 1. The summed E-state index contributed by atoms with van der Waals surface area (Å²) in [5.41, 5.74) is -0.00549. The lowest BCUT2D eigenvalue weighted by molar-refractivity contribution is -0.139. The van der Waals surface area contributed by atoms with Crippen LogP contribution in [0.1, 0.15) is 81.1 Å². The minimum Gasteiger partial charge on any atom is -0.490 e. The van der Waals surface area contributed by atoms with Crippen molar-refractivity contribution in [3.8, 4) is 17.2 Å². The van der Waals surface area contributed by atoms with E-state index in [2.05, 4.69) is 33.0 Å². The van der Waals surface area contributed by atoms with Crippen molar-refractivity contribution in [1.29, 1.82) is 0 Å². The van der Waals surface area contributed by atoms with Crippen LogP contribution in [0.15, 0.2) is 18.2 Å². The fraction of sp³-hybridized carbons (Fsp3) is 0.741. The second kappa shape index (κ2) is 9.94. The number of amides is 1. The number of fused-ring (bicyclic) bond motifs is 1. The van der Waals surface area contributed by atoms with Crippen molar-refractivity contribution in [2.24, 2.45) is 10.8 Å². The van der Waals surface area contributed by atoms with Crippen LogP contribution >= 0.6 is 0 Å². The summed E-state index contributed by atoms with van der Waals surface area (Å²) in [6.07, 6.45) is 3.26. The maximum Gasteiger partial charge on any atom is 0.246 e. The number of hydrogen-bond donors (Lipinski definition) is 1. The van der Waals surface area contributed by atoms with Crippen molar-refractivity contribution in [3.63, 3.8) is 0 Å². The molecule has 2 aliphatic heterocycles. The number of ether oxygens (including phenoxy) is 5. The highest BCUT2D eigenvalue weighted by atomic mass is 16.7. The number of benzene rings is 1. The van der Waals surface area contributed by atoms with E-state index in [4.69, 9.17) is 23.7 Å². The highest BCUT2D eigenvalue weighted by Gasteiger charge is 2.35. The maximum absolute atomic E-state index is 12.5. The van der Waals surface area contributed by atoms with Gasteiger partial charge in [-0.2, -0.15) is 0 Å². The van der Waals surface area contributed by atoms with E-state index in [0.717, 1.165) is 30.8 Å². The van der Waals surface area contributed by atoms with Gasteiger partial charge >= 0.3 is 0 Å². The van der Waals surface area contributed by atoms with Crippen LogP contribution < -0.4 is 19.5 Å². The zero-order valence-electron chi connectivity index (χ0n) is 22.2. The topological polar surface area (TPSA) is 75.3 Å². The third-order valence-electron chi connectivity index (χ3n) is 6.39. The highest BCUT2D eigenvalue weighted by molar-refractivity contribution is 5.76. The Morgan fingerprint density at radius 1 is 1.03 bits per heavy atom. The molecule has 0 aliphatic carbocycles. The number of rotatable bonds is 11. The summed E-state index contributed by atoms with van der Waals surface area (Å²) >= 11 is 0. The molecule has 1 fully saturated rings. The van der Waals surface area contributed by atoms with Gasteiger partial charge in [-0.25, -0.2) is 0 Å². The fourth-order valence-corrected chi connectivity index (χ4v) is 4.24. The summed E-state index contributed by atoms with van der Waals surface area (Å²) in [4.78, 5) is 12.5. The molecular weight excluding hydrogens is 434 g/mol. The molecule has 0 bridgehead atoms. The van der Waals surface area contributed by atoms with Crippen molar-refractivity contribution < 1.29 is 28.5 Å². The average Bonchev–Trinajstić information content (AvgIpc) is 3.22.